The Labute approximate surface area is 160 Å². The van der Waals surface area contributed by atoms with E-state index in [9.17, 15) is 9.90 Å². The van der Waals surface area contributed by atoms with E-state index in [4.69, 9.17) is 0 Å². The fourth-order valence-corrected chi connectivity index (χ4v) is 4.66. The summed E-state index contributed by atoms with van der Waals surface area (Å²) in [5.74, 6) is -0.900. The molecular formula is C21H28N4O2. The van der Waals surface area contributed by atoms with E-state index in [1.165, 1.54) is 11.3 Å². The summed E-state index contributed by atoms with van der Waals surface area (Å²) in [5, 5.41) is 13.9. The summed E-state index contributed by atoms with van der Waals surface area (Å²) in [5.41, 5.74) is 5.01. The molecule has 2 aromatic rings. The standard InChI is InChI=1S/C21H28N4O2/c1-3-25-19-9-8-16(14-17(19)20(22-25)21(26)27)23-10-12-24(13-11-23)18-7-5-4-6-15(18)2/h4-7,16H,3,8-14H2,1-2H3,(H,26,27). The van der Waals surface area contributed by atoms with Crippen LogP contribution in [0.3, 0.4) is 0 Å². The van der Waals surface area contributed by atoms with Gasteiger partial charge in [0.05, 0.1) is 0 Å². The van der Waals surface area contributed by atoms with Gasteiger partial charge >= 0.3 is 5.97 Å². The van der Waals surface area contributed by atoms with E-state index in [-0.39, 0.29) is 5.69 Å². The number of hydrogen-bond acceptors (Lipinski definition) is 4. The molecule has 6 nitrogen and oxygen atoms in total. The van der Waals surface area contributed by atoms with Crippen LogP contribution in [0.25, 0.3) is 0 Å². The Balaban J connectivity index is 1.46. The summed E-state index contributed by atoms with van der Waals surface area (Å²) in [6.07, 6.45) is 2.82. The molecule has 1 aliphatic heterocycles. The number of aryl methyl sites for hydroxylation is 2. The third kappa shape index (κ3) is 3.34. The maximum atomic E-state index is 11.6. The van der Waals surface area contributed by atoms with Gasteiger partial charge in [0.1, 0.15) is 0 Å². The molecule has 27 heavy (non-hydrogen) atoms. The van der Waals surface area contributed by atoms with Crippen LogP contribution in [-0.4, -0.2) is 58.0 Å². The number of nitrogens with zero attached hydrogens (tertiary/aromatic N) is 4. The molecule has 0 spiro atoms. The van der Waals surface area contributed by atoms with Crippen LogP contribution in [0.2, 0.25) is 0 Å². The number of fused-ring (bicyclic) bond motifs is 1. The molecule has 1 aromatic carbocycles. The average Bonchev–Trinajstić information content (AvgIpc) is 3.07. The lowest BCUT2D eigenvalue weighted by Crippen LogP contribution is -2.52. The van der Waals surface area contributed by atoms with Crippen LogP contribution in [0.5, 0.6) is 0 Å². The normalized spacial score (nSPS) is 20.5. The van der Waals surface area contributed by atoms with Crippen molar-refractivity contribution in [3.63, 3.8) is 0 Å². The second-order valence-electron chi connectivity index (χ2n) is 7.60. The number of para-hydroxylation sites is 1. The number of hydrogen-bond donors (Lipinski definition) is 1. The Bertz CT molecular complexity index is 837. The number of aromatic nitrogens is 2. The van der Waals surface area contributed by atoms with Gasteiger partial charge in [-0.25, -0.2) is 4.79 Å². The molecule has 1 aliphatic carbocycles. The smallest absolute Gasteiger partial charge is 0.356 e. The van der Waals surface area contributed by atoms with Gasteiger partial charge in [0.2, 0.25) is 0 Å². The van der Waals surface area contributed by atoms with Crippen molar-refractivity contribution in [1.29, 1.82) is 0 Å². The Hall–Kier alpha value is -2.34. The maximum Gasteiger partial charge on any atom is 0.356 e. The highest BCUT2D eigenvalue weighted by Crippen LogP contribution is 2.29. The summed E-state index contributed by atoms with van der Waals surface area (Å²) in [4.78, 5) is 16.6. The molecule has 144 valence electrons. The minimum atomic E-state index is -0.900. The van der Waals surface area contributed by atoms with Gasteiger partial charge < -0.3 is 10.0 Å². The second kappa shape index (κ2) is 7.35. The van der Waals surface area contributed by atoms with Crippen LogP contribution in [0.15, 0.2) is 24.3 Å². The van der Waals surface area contributed by atoms with Crippen molar-refractivity contribution in [2.45, 2.75) is 45.7 Å². The number of aromatic carboxylic acids is 1. The van der Waals surface area contributed by atoms with Crippen molar-refractivity contribution in [2.75, 3.05) is 31.1 Å². The molecular weight excluding hydrogens is 340 g/mol. The fourth-order valence-electron chi connectivity index (χ4n) is 4.66. The van der Waals surface area contributed by atoms with E-state index >= 15 is 0 Å². The molecule has 0 radical (unpaired) electrons. The Morgan fingerprint density at radius 2 is 1.96 bits per heavy atom. The van der Waals surface area contributed by atoms with Gasteiger partial charge in [-0.1, -0.05) is 18.2 Å². The lowest BCUT2D eigenvalue weighted by molar-refractivity contribution is 0.0687. The third-order valence-electron chi connectivity index (χ3n) is 6.11. The molecule has 0 saturated carbocycles. The first kappa shape index (κ1) is 18.0. The van der Waals surface area contributed by atoms with Crippen LogP contribution in [0.1, 0.15) is 40.7 Å². The van der Waals surface area contributed by atoms with Gasteiger partial charge in [-0.15, -0.1) is 0 Å². The van der Waals surface area contributed by atoms with E-state index in [1.807, 2.05) is 11.6 Å². The number of anilines is 1. The highest BCUT2D eigenvalue weighted by Gasteiger charge is 2.32. The summed E-state index contributed by atoms with van der Waals surface area (Å²) in [6.45, 7) is 9.02. The van der Waals surface area contributed by atoms with E-state index in [1.54, 1.807) is 0 Å². The van der Waals surface area contributed by atoms with Crippen molar-refractivity contribution < 1.29 is 9.90 Å². The van der Waals surface area contributed by atoms with Gasteiger partial charge in [0.25, 0.3) is 0 Å². The minimum Gasteiger partial charge on any atom is -0.476 e. The first-order valence-corrected chi connectivity index (χ1v) is 9.95. The highest BCUT2D eigenvalue weighted by molar-refractivity contribution is 5.87. The van der Waals surface area contributed by atoms with Gasteiger partial charge in [-0.05, 0) is 44.7 Å². The molecule has 1 N–H and O–H groups in total. The largest absolute Gasteiger partial charge is 0.476 e. The third-order valence-corrected chi connectivity index (χ3v) is 6.11. The molecule has 1 saturated heterocycles. The molecule has 1 unspecified atom stereocenters. The number of benzene rings is 1. The SMILES string of the molecule is CCn1nc(C(=O)O)c2c1CCC(N1CCN(c3ccccc3C)CC1)C2. The topological polar surface area (TPSA) is 61.6 Å². The minimum absolute atomic E-state index is 0.259. The highest BCUT2D eigenvalue weighted by atomic mass is 16.4. The summed E-state index contributed by atoms with van der Waals surface area (Å²) < 4.78 is 1.88. The van der Waals surface area contributed by atoms with Crippen molar-refractivity contribution in [2.24, 2.45) is 0 Å². The predicted molar refractivity (Wildman–Crippen MR) is 106 cm³/mol. The molecule has 2 aliphatic rings. The molecule has 1 atom stereocenters. The van der Waals surface area contributed by atoms with Crippen molar-refractivity contribution >= 4 is 11.7 Å². The van der Waals surface area contributed by atoms with Crippen LogP contribution in [-0.2, 0) is 19.4 Å². The maximum absolute atomic E-state index is 11.6. The molecule has 2 heterocycles. The van der Waals surface area contributed by atoms with Gasteiger partial charge in [0, 0.05) is 55.7 Å². The first-order chi connectivity index (χ1) is 13.1. The molecule has 0 bridgehead atoms. The number of rotatable bonds is 4. The van der Waals surface area contributed by atoms with Crippen LogP contribution in [0, 0.1) is 6.92 Å². The zero-order valence-electron chi connectivity index (χ0n) is 16.2. The van der Waals surface area contributed by atoms with E-state index in [2.05, 4.69) is 46.1 Å². The van der Waals surface area contributed by atoms with E-state index < -0.39 is 5.97 Å². The molecule has 6 heteroatoms. The monoisotopic (exact) mass is 368 g/mol. The Morgan fingerprint density at radius 1 is 1.22 bits per heavy atom. The predicted octanol–water partition coefficient (Wildman–Crippen LogP) is 2.59. The first-order valence-electron chi connectivity index (χ1n) is 9.95. The lowest BCUT2D eigenvalue weighted by Gasteiger charge is -2.42. The fraction of sp³-hybridized carbons (Fsp3) is 0.524. The quantitative estimate of drug-likeness (QED) is 0.899. The number of carboxylic acids is 1. The Morgan fingerprint density at radius 3 is 2.63 bits per heavy atom. The summed E-state index contributed by atoms with van der Waals surface area (Å²) >= 11 is 0. The van der Waals surface area contributed by atoms with E-state index in [0.29, 0.717) is 6.04 Å². The van der Waals surface area contributed by atoms with Crippen molar-refractivity contribution in [3.05, 3.63) is 46.8 Å². The van der Waals surface area contributed by atoms with Gasteiger partial charge in [-0.3, -0.25) is 9.58 Å². The van der Waals surface area contributed by atoms with Gasteiger partial charge in [0.15, 0.2) is 5.69 Å². The lowest BCUT2D eigenvalue weighted by atomic mass is 9.90. The van der Waals surface area contributed by atoms with Gasteiger partial charge in [-0.2, -0.15) is 5.10 Å². The summed E-state index contributed by atoms with van der Waals surface area (Å²) in [7, 11) is 0. The number of piperazine rings is 1. The summed E-state index contributed by atoms with van der Waals surface area (Å²) in [6, 6.07) is 8.99. The molecule has 1 fully saturated rings. The zero-order chi connectivity index (χ0) is 19.0. The molecule has 4 rings (SSSR count). The van der Waals surface area contributed by atoms with Crippen LogP contribution < -0.4 is 4.90 Å². The average molecular weight is 368 g/mol. The van der Waals surface area contributed by atoms with Crippen LogP contribution in [0.4, 0.5) is 5.69 Å². The Kier molecular flexibility index (Phi) is 4.91. The second-order valence-corrected chi connectivity index (χ2v) is 7.60. The van der Waals surface area contributed by atoms with Crippen molar-refractivity contribution in [1.82, 2.24) is 14.7 Å². The number of carbonyl (C=O) groups is 1. The molecule has 1 aromatic heterocycles. The zero-order valence-corrected chi connectivity index (χ0v) is 16.2. The van der Waals surface area contributed by atoms with Crippen molar-refractivity contribution in [3.8, 4) is 0 Å². The van der Waals surface area contributed by atoms with Crippen LogP contribution >= 0.6 is 0 Å². The van der Waals surface area contributed by atoms with E-state index in [0.717, 1.165) is 63.2 Å². The number of carboxylic acid groups (broad SMARTS) is 1. The molecule has 0 amide bonds.